The van der Waals surface area contributed by atoms with Gasteiger partial charge in [-0.05, 0) is 19.5 Å². The standard InChI is InChI=1S/C20H23N5O2/c1-13-4-6-14(7-5-13)10-21-18(26)15-11-22-25-19(15)24(3)17-8-9-23(2)12-16(17)20(25)27/h4-7,11H,8-10,12H2,1-3H3,(H,21,26). The molecule has 1 N–H and O–H groups in total. The molecule has 0 unspecified atom stereocenters. The Morgan fingerprint density at radius 2 is 1.96 bits per heavy atom. The predicted octanol–water partition coefficient (Wildman–Crippen LogP) is 1.26. The van der Waals surface area contributed by atoms with E-state index in [0.29, 0.717) is 24.3 Å². The Bertz CT molecular complexity index is 1080. The van der Waals surface area contributed by atoms with Crippen LogP contribution in [0.15, 0.2) is 35.3 Å². The minimum absolute atomic E-state index is 0.137. The molecule has 1 aliphatic rings. The van der Waals surface area contributed by atoms with E-state index >= 15 is 0 Å². The highest BCUT2D eigenvalue weighted by Gasteiger charge is 2.24. The maximum absolute atomic E-state index is 12.8. The van der Waals surface area contributed by atoms with E-state index in [1.165, 1.54) is 16.3 Å². The number of likely N-dealkylation sites (N-methyl/N-ethyl adjacent to an activating group) is 1. The second-order valence-electron chi connectivity index (χ2n) is 7.24. The number of rotatable bonds is 3. The Morgan fingerprint density at radius 3 is 2.70 bits per heavy atom. The summed E-state index contributed by atoms with van der Waals surface area (Å²) in [5, 5.41) is 7.13. The van der Waals surface area contributed by atoms with Crippen LogP contribution in [-0.4, -0.2) is 38.6 Å². The number of aryl methyl sites for hydroxylation is 2. The molecule has 0 radical (unpaired) electrons. The van der Waals surface area contributed by atoms with E-state index < -0.39 is 0 Å². The number of nitrogens with one attached hydrogen (secondary N) is 1. The molecule has 4 rings (SSSR count). The summed E-state index contributed by atoms with van der Waals surface area (Å²) in [6, 6.07) is 8.02. The average Bonchev–Trinajstić information content (AvgIpc) is 3.11. The second kappa shape index (κ2) is 6.66. The number of amides is 1. The molecule has 0 saturated carbocycles. The van der Waals surface area contributed by atoms with Gasteiger partial charge in [0.15, 0.2) is 5.65 Å². The van der Waals surface area contributed by atoms with Crippen molar-refractivity contribution in [2.75, 3.05) is 13.6 Å². The van der Waals surface area contributed by atoms with Gasteiger partial charge in [-0.3, -0.25) is 9.59 Å². The first-order chi connectivity index (χ1) is 13.0. The van der Waals surface area contributed by atoms with Crippen LogP contribution in [0.5, 0.6) is 0 Å². The van der Waals surface area contributed by atoms with Crippen molar-refractivity contribution in [2.24, 2.45) is 7.05 Å². The molecule has 0 atom stereocenters. The number of hydrogen-bond acceptors (Lipinski definition) is 4. The second-order valence-corrected chi connectivity index (χ2v) is 7.24. The maximum Gasteiger partial charge on any atom is 0.279 e. The maximum atomic E-state index is 12.8. The molecule has 1 amide bonds. The highest BCUT2D eigenvalue weighted by molar-refractivity contribution is 5.99. The van der Waals surface area contributed by atoms with E-state index in [9.17, 15) is 9.59 Å². The third kappa shape index (κ3) is 3.04. The Morgan fingerprint density at radius 1 is 1.22 bits per heavy atom. The van der Waals surface area contributed by atoms with Gasteiger partial charge in [-0.25, -0.2) is 0 Å². The summed E-state index contributed by atoms with van der Waals surface area (Å²) in [6.07, 6.45) is 2.26. The summed E-state index contributed by atoms with van der Waals surface area (Å²) in [5.74, 6) is -0.228. The summed E-state index contributed by atoms with van der Waals surface area (Å²) in [6.45, 7) is 3.95. The summed E-state index contributed by atoms with van der Waals surface area (Å²) in [7, 11) is 3.90. The molecule has 1 aliphatic heterocycles. The van der Waals surface area contributed by atoms with Crippen LogP contribution in [0.1, 0.15) is 32.7 Å². The molecule has 27 heavy (non-hydrogen) atoms. The molecule has 0 aliphatic carbocycles. The van der Waals surface area contributed by atoms with Crippen LogP contribution in [0, 0.1) is 6.92 Å². The van der Waals surface area contributed by atoms with Gasteiger partial charge in [-0.2, -0.15) is 9.61 Å². The van der Waals surface area contributed by atoms with Crippen molar-refractivity contribution in [1.29, 1.82) is 0 Å². The fourth-order valence-corrected chi connectivity index (χ4v) is 3.66. The fourth-order valence-electron chi connectivity index (χ4n) is 3.66. The van der Waals surface area contributed by atoms with E-state index in [1.807, 2.05) is 49.9 Å². The first kappa shape index (κ1) is 17.5. The third-order valence-electron chi connectivity index (χ3n) is 5.24. The van der Waals surface area contributed by atoms with Gasteiger partial charge in [-0.1, -0.05) is 29.8 Å². The number of aromatic nitrogens is 3. The molecule has 3 aromatic rings. The lowest BCUT2D eigenvalue weighted by molar-refractivity contribution is 0.0952. The van der Waals surface area contributed by atoms with E-state index in [2.05, 4.69) is 15.3 Å². The molecule has 140 valence electrons. The van der Waals surface area contributed by atoms with Gasteiger partial charge in [0.05, 0.1) is 11.8 Å². The monoisotopic (exact) mass is 365 g/mol. The minimum Gasteiger partial charge on any atom is -0.348 e. The number of hydrogen-bond donors (Lipinski definition) is 1. The summed E-state index contributed by atoms with van der Waals surface area (Å²) >= 11 is 0. The first-order valence-electron chi connectivity index (χ1n) is 9.06. The van der Waals surface area contributed by atoms with Gasteiger partial charge in [0.1, 0.15) is 5.56 Å². The Hall–Kier alpha value is -2.93. The molecule has 0 spiro atoms. The number of nitrogens with zero attached hydrogens (tertiary/aromatic N) is 4. The van der Waals surface area contributed by atoms with Crippen molar-refractivity contribution >= 4 is 11.6 Å². The Balaban J connectivity index is 1.68. The largest absolute Gasteiger partial charge is 0.348 e. The summed E-state index contributed by atoms with van der Waals surface area (Å²) in [5.41, 5.74) is 4.78. The molecule has 1 aromatic carbocycles. The molecule has 0 bridgehead atoms. The molecule has 7 heteroatoms. The van der Waals surface area contributed by atoms with Crippen LogP contribution >= 0.6 is 0 Å². The normalized spacial score (nSPS) is 14.3. The van der Waals surface area contributed by atoms with Gasteiger partial charge in [0.2, 0.25) is 0 Å². The van der Waals surface area contributed by atoms with Crippen LogP contribution in [0.4, 0.5) is 0 Å². The van der Waals surface area contributed by atoms with E-state index in [1.54, 1.807) is 0 Å². The molecule has 0 saturated heterocycles. The number of carbonyl (C=O) groups excluding carboxylic acids is 1. The molecular weight excluding hydrogens is 342 g/mol. The lowest BCUT2D eigenvalue weighted by Crippen LogP contribution is -2.36. The SMILES string of the molecule is Cc1ccc(CNC(=O)c2cnn3c(=O)c4c(n(C)c23)CCN(C)C4)cc1. The van der Waals surface area contributed by atoms with Crippen molar-refractivity contribution in [3.8, 4) is 0 Å². The highest BCUT2D eigenvalue weighted by atomic mass is 16.2. The Labute approximate surface area is 157 Å². The van der Waals surface area contributed by atoms with Crippen LogP contribution in [0.25, 0.3) is 5.65 Å². The predicted molar refractivity (Wildman–Crippen MR) is 103 cm³/mol. The van der Waals surface area contributed by atoms with Gasteiger partial charge in [0, 0.05) is 38.8 Å². The van der Waals surface area contributed by atoms with Crippen molar-refractivity contribution in [3.63, 3.8) is 0 Å². The highest BCUT2D eigenvalue weighted by Crippen LogP contribution is 2.18. The van der Waals surface area contributed by atoms with Crippen molar-refractivity contribution in [1.82, 2.24) is 24.4 Å². The quantitative estimate of drug-likeness (QED) is 0.759. The first-order valence-corrected chi connectivity index (χ1v) is 9.06. The van der Waals surface area contributed by atoms with Crippen LogP contribution < -0.4 is 10.9 Å². The number of fused-ring (bicyclic) bond motifs is 2. The zero-order chi connectivity index (χ0) is 19.1. The minimum atomic E-state index is -0.228. The van der Waals surface area contributed by atoms with Crippen LogP contribution in [-0.2, 0) is 26.6 Å². The molecule has 0 fully saturated rings. The van der Waals surface area contributed by atoms with Crippen LogP contribution in [0.3, 0.4) is 0 Å². The van der Waals surface area contributed by atoms with Gasteiger partial charge in [0.25, 0.3) is 11.5 Å². The lowest BCUT2D eigenvalue weighted by atomic mass is 10.1. The van der Waals surface area contributed by atoms with E-state index in [0.717, 1.165) is 29.8 Å². The Kier molecular flexibility index (Phi) is 4.31. The van der Waals surface area contributed by atoms with Crippen molar-refractivity contribution < 1.29 is 4.79 Å². The van der Waals surface area contributed by atoms with Crippen LogP contribution in [0.2, 0.25) is 0 Å². The van der Waals surface area contributed by atoms with Gasteiger partial charge >= 0.3 is 0 Å². The molecule has 7 nitrogen and oxygen atoms in total. The smallest absolute Gasteiger partial charge is 0.279 e. The topological polar surface area (TPSA) is 71.6 Å². The van der Waals surface area contributed by atoms with E-state index in [4.69, 9.17) is 0 Å². The fraction of sp³-hybridized carbons (Fsp3) is 0.350. The zero-order valence-corrected chi connectivity index (χ0v) is 15.8. The van der Waals surface area contributed by atoms with Crippen molar-refractivity contribution in [2.45, 2.75) is 26.4 Å². The van der Waals surface area contributed by atoms with Gasteiger partial charge in [-0.15, -0.1) is 0 Å². The zero-order valence-electron chi connectivity index (χ0n) is 15.8. The molecular formula is C20H23N5O2. The number of carbonyl (C=O) groups is 1. The van der Waals surface area contributed by atoms with E-state index in [-0.39, 0.29) is 11.5 Å². The number of benzene rings is 1. The molecule has 3 heterocycles. The third-order valence-corrected chi connectivity index (χ3v) is 5.24. The molecule has 2 aromatic heterocycles. The summed E-state index contributed by atoms with van der Waals surface area (Å²) < 4.78 is 3.29. The van der Waals surface area contributed by atoms with Crippen molar-refractivity contribution in [3.05, 3.63) is 68.8 Å². The lowest BCUT2D eigenvalue weighted by Gasteiger charge is -2.26. The summed E-state index contributed by atoms with van der Waals surface area (Å²) in [4.78, 5) is 27.7. The van der Waals surface area contributed by atoms with Gasteiger partial charge < -0.3 is 14.8 Å². The average molecular weight is 365 g/mol.